The largest absolute Gasteiger partial charge is 0.480 e. The van der Waals surface area contributed by atoms with Crippen molar-refractivity contribution in [2.45, 2.75) is 51.5 Å². The van der Waals surface area contributed by atoms with E-state index < -0.39 is 6.04 Å². The van der Waals surface area contributed by atoms with Gasteiger partial charge in [0.2, 0.25) is 5.88 Å². The molecular formula is C20H25N3O3. The predicted molar refractivity (Wildman–Crippen MR) is 98.3 cm³/mol. The molecule has 6 heteroatoms. The van der Waals surface area contributed by atoms with Crippen LogP contribution in [0.15, 0.2) is 35.5 Å². The number of ketones is 1. The Hall–Kier alpha value is -2.50. The lowest BCUT2D eigenvalue weighted by molar-refractivity contribution is -0.122. The summed E-state index contributed by atoms with van der Waals surface area (Å²) in [7, 11) is 1.52. The molecule has 1 saturated carbocycles. The van der Waals surface area contributed by atoms with Crippen LogP contribution < -0.4 is 10.3 Å². The van der Waals surface area contributed by atoms with Gasteiger partial charge in [0, 0.05) is 12.3 Å². The average molecular weight is 355 g/mol. The molecule has 6 nitrogen and oxygen atoms in total. The number of aromatic nitrogens is 3. The maximum absolute atomic E-state index is 13.1. The number of nitrogens with zero attached hydrogens (tertiary/aromatic N) is 3. The SMILES string of the molecule is COc1cnc(CC(=O)[C@H](CC2CCCC2)n2cc(C)ccc2=O)cn1. The first-order valence-corrected chi connectivity index (χ1v) is 9.13. The normalized spacial score (nSPS) is 15.8. The molecule has 2 heterocycles. The third-order valence-corrected chi connectivity index (χ3v) is 5.07. The summed E-state index contributed by atoms with van der Waals surface area (Å²) in [5.74, 6) is 0.918. The number of rotatable bonds is 7. The first-order valence-electron chi connectivity index (χ1n) is 9.13. The maximum atomic E-state index is 13.1. The third kappa shape index (κ3) is 4.36. The Morgan fingerprint density at radius 1 is 1.27 bits per heavy atom. The summed E-state index contributed by atoms with van der Waals surface area (Å²) < 4.78 is 6.61. The van der Waals surface area contributed by atoms with Crippen molar-refractivity contribution in [1.29, 1.82) is 0 Å². The number of hydrogen-bond donors (Lipinski definition) is 0. The minimum atomic E-state index is -0.450. The zero-order valence-electron chi connectivity index (χ0n) is 15.4. The first-order chi connectivity index (χ1) is 12.6. The van der Waals surface area contributed by atoms with Gasteiger partial charge in [-0.2, -0.15) is 0 Å². The van der Waals surface area contributed by atoms with Crippen molar-refractivity contribution in [1.82, 2.24) is 14.5 Å². The molecule has 1 aliphatic rings. The lowest BCUT2D eigenvalue weighted by Crippen LogP contribution is -2.31. The summed E-state index contributed by atoms with van der Waals surface area (Å²) in [6.07, 6.45) is 10.4. The van der Waals surface area contributed by atoms with Gasteiger partial charge in [-0.15, -0.1) is 0 Å². The van der Waals surface area contributed by atoms with Gasteiger partial charge in [-0.25, -0.2) is 4.98 Å². The number of hydrogen-bond acceptors (Lipinski definition) is 5. The smallest absolute Gasteiger partial charge is 0.251 e. The standard InChI is InChI=1S/C20H25N3O3/c1-14-7-8-20(25)23(13-14)17(9-15-5-3-4-6-15)18(24)10-16-11-22-19(26-2)12-21-16/h7-8,11-13,15,17H,3-6,9-10H2,1-2H3/t17-/m0/s1. The highest BCUT2D eigenvalue weighted by molar-refractivity contribution is 5.84. The van der Waals surface area contributed by atoms with Crippen molar-refractivity contribution in [3.8, 4) is 5.88 Å². The minimum Gasteiger partial charge on any atom is -0.480 e. The number of ether oxygens (including phenoxy) is 1. The van der Waals surface area contributed by atoms with Crippen molar-refractivity contribution in [2.75, 3.05) is 7.11 Å². The van der Waals surface area contributed by atoms with Crippen LogP contribution in [0.25, 0.3) is 0 Å². The molecule has 0 unspecified atom stereocenters. The van der Waals surface area contributed by atoms with E-state index in [4.69, 9.17) is 4.74 Å². The van der Waals surface area contributed by atoms with Gasteiger partial charge < -0.3 is 9.30 Å². The Bertz CT molecular complexity index is 808. The summed E-state index contributed by atoms with van der Waals surface area (Å²) in [4.78, 5) is 33.8. The van der Waals surface area contributed by atoms with Crippen LogP contribution in [0.5, 0.6) is 5.88 Å². The maximum Gasteiger partial charge on any atom is 0.251 e. The van der Waals surface area contributed by atoms with Crippen molar-refractivity contribution in [3.63, 3.8) is 0 Å². The number of methoxy groups -OCH3 is 1. The molecule has 0 spiro atoms. The fraction of sp³-hybridized carbons (Fsp3) is 0.500. The van der Waals surface area contributed by atoms with Crippen molar-refractivity contribution >= 4 is 5.78 Å². The quantitative estimate of drug-likeness (QED) is 0.763. The zero-order chi connectivity index (χ0) is 18.5. The molecule has 1 atom stereocenters. The number of carbonyl (C=O) groups excluding carboxylic acids is 1. The van der Waals surface area contributed by atoms with Gasteiger partial charge in [0.05, 0.1) is 37.7 Å². The fourth-order valence-electron chi connectivity index (χ4n) is 3.66. The molecule has 26 heavy (non-hydrogen) atoms. The van der Waals surface area contributed by atoms with Crippen LogP contribution in [0, 0.1) is 12.8 Å². The number of aryl methyl sites for hydroxylation is 1. The highest BCUT2D eigenvalue weighted by Crippen LogP contribution is 2.32. The van der Waals surface area contributed by atoms with Crippen LogP contribution in [0.3, 0.4) is 0 Å². The first kappa shape index (κ1) is 18.3. The van der Waals surface area contributed by atoms with Crippen molar-refractivity contribution in [3.05, 3.63) is 52.3 Å². The van der Waals surface area contributed by atoms with E-state index in [1.54, 1.807) is 23.0 Å². The van der Waals surface area contributed by atoms with E-state index in [-0.39, 0.29) is 17.8 Å². The summed E-state index contributed by atoms with van der Waals surface area (Å²) in [5, 5.41) is 0. The topological polar surface area (TPSA) is 74.1 Å². The number of pyridine rings is 1. The minimum absolute atomic E-state index is 0.00377. The van der Waals surface area contributed by atoms with E-state index in [9.17, 15) is 9.59 Å². The second kappa shape index (κ2) is 8.25. The zero-order valence-corrected chi connectivity index (χ0v) is 15.4. The monoisotopic (exact) mass is 355 g/mol. The Balaban J connectivity index is 1.84. The van der Waals surface area contributed by atoms with Gasteiger partial charge >= 0.3 is 0 Å². The van der Waals surface area contributed by atoms with Crippen LogP contribution in [0.1, 0.15) is 49.4 Å². The van der Waals surface area contributed by atoms with Gasteiger partial charge in [-0.3, -0.25) is 14.6 Å². The molecule has 0 amide bonds. The number of carbonyl (C=O) groups is 1. The lowest BCUT2D eigenvalue weighted by Gasteiger charge is -2.22. The Morgan fingerprint density at radius 2 is 2.04 bits per heavy atom. The van der Waals surface area contributed by atoms with E-state index in [0.29, 0.717) is 23.9 Å². The molecule has 0 saturated heterocycles. The van der Waals surface area contributed by atoms with Gasteiger partial charge in [0.15, 0.2) is 5.78 Å². The highest BCUT2D eigenvalue weighted by atomic mass is 16.5. The second-order valence-corrected chi connectivity index (χ2v) is 7.05. The van der Waals surface area contributed by atoms with Gasteiger partial charge in [-0.05, 0) is 24.8 Å². The molecular weight excluding hydrogens is 330 g/mol. The molecule has 1 fully saturated rings. The molecule has 3 rings (SSSR count). The molecule has 1 aliphatic carbocycles. The van der Waals surface area contributed by atoms with Gasteiger partial charge in [0.1, 0.15) is 0 Å². The van der Waals surface area contributed by atoms with E-state index in [1.807, 2.05) is 6.92 Å². The molecule has 138 valence electrons. The molecule has 2 aromatic rings. The number of Topliss-reactive ketones (excluding diaryl/α,β-unsaturated/α-hetero) is 1. The Morgan fingerprint density at radius 3 is 2.69 bits per heavy atom. The van der Waals surface area contributed by atoms with E-state index in [1.165, 1.54) is 32.2 Å². The van der Waals surface area contributed by atoms with E-state index >= 15 is 0 Å². The lowest BCUT2D eigenvalue weighted by atomic mass is 9.93. The second-order valence-electron chi connectivity index (χ2n) is 7.05. The summed E-state index contributed by atoms with van der Waals surface area (Å²) in [5.41, 5.74) is 1.43. The molecule has 0 N–H and O–H groups in total. The van der Waals surface area contributed by atoms with E-state index in [2.05, 4.69) is 9.97 Å². The predicted octanol–water partition coefficient (Wildman–Crippen LogP) is 2.89. The molecule has 2 aromatic heterocycles. The molecule has 0 radical (unpaired) electrons. The van der Waals surface area contributed by atoms with E-state index in [0.717, 1.165) is 18.4 Å². The van der Waals surface area contributed by atoms with Crippen LogP contribution >= 0.6 is 0 Å². The van der Waals surface area contributed by atoms with Crippen LogP contribution in [-0.4, -0.2) is 27.4 Å². The van der Waals surface area contributed by atoms with Crippen molar-refractivity contribution in [2.24, 2.45) is 5.92 Å². The highest BCUT2D eigenvalue weighted by Gasteiger charge is 2.27. The van der Waals surface area contributed by atoms with Crippen LogP contribution in [0.2, 0.25) is 0 Å². The van der Waals surface area contributed by atoms with Crippen LogP contribution in [-0.2, 0) is 11.2 Å². The Labute approximate surface area is 153 Å². The Kier molecular flexibility index (Phi) is 5.81. The summed E-state index contributed by atoms with van der Waals surface area (Å²) in [6.45, 7) is 1.93. The average Bonchev–Trinajstić information content (AvgIpc) is 3.16. The molecule has 0 aromatic carbocycles. The van der Waals surface area contributed by atoms with Gasteiger partial charge in [0.25, 0.3) is 5.56 Å². The molecule has 0 aliphatic heterocycles. The fourth-order valence-corrected chi connectivity index (χ4v) is 3.66. The van der Waals surface area contributed by atoms with Crippen LogP contribution in [0.4, 0.5) is 0 Å². The summed E-state index contributed by atoms with van der Waals surface area (Å²) >= 11 is 0. The summed E-state index contributed by atoms with van der Waals surface area (Å²) in [6, 6.07) is 2.87. The third-order valence-electron chi connectivity index (χ3n) is 5.07. The van der Waals surface area contributed by atoms with Gasteiger partial charge in [-0.1, -0.05) is 31.7 Å². The molecule has 0 bridgehead atoms. The van der Waals surface area contributed by atoms with Crippen molar-refractivity contribution < 1.29 is 9.53 Å².